The molecule has 3 rings (SSSR count). The van der Waals surface area contributed by atoms with Crippen molar-refractivity contribution in [2.45, 2.75) is 32.1 Å². The van der Waals surface area contributed by atoms with Crippen molar-refractivity contribution in [2.24, 2.45) is 0 Å². The molecular weight excluding hydrogens is 278 g/mol. The summed E-state index contributed by atoms with van der Waals surface area (Å²) in [5.41, 5.74) is 1.11. The summed E-state index contributed by atoms with van der Waals surface area (Å²) in [5, 5.41) is 0. The maximum absolute atomic E-state index is 12.7. The van der Waals surface area contributed by atoms with Crippen LogP contribution in [0, 0.1) is 0 Å². The van der Waals surface area contributed by atoms with Gasteiger partial charge < -0.3 is 14.2 Å². The summed E-state index contributed by atoms with van der Waals surface area (Å²) in [4.78, 5) is 18.7. The number of carbonyl (C=O) groups excluding carboxylic acids is 1. The fourth-order valence-corrected chi connectivity index (χ4v) is 2.87. The smallest absolute Gasteiger partial charge is 0.245 e. The highest BCUT2D eigenvalue weighted by molar-refractivity contribution is 5.80. The van der Waals surface area contributed by atoms with Crippen molar-refractivity contribution in [1.29, 1.82) is 0 Å². The molecule has 1 amide bonds. The van der Waals surface area contributed by atoms with Gasteiger partial charge in [0.2, 0.25) is 5.91 Å². The molecule has 1 aliphatic heterocycles. The van der Waals surface area contributed by atoms with E-state index in [1.54, 1.807) is 12.5 Å². The largest absolute Gasteiger partial charge is 0.367 e. The molecule has 1 aromatic heterocycles. The lowest BCUT2D eigenvalue weighted by Gasteiger charge is -2.38. The Hall–Kier alpha value is -2.14. The van der Waals surface area contributed by atoms with E-state index >= 15 is 0 Å². The van der Waals surface area contributed by atoms with Crippen molar-refractivity contribution in [3.8, 4) is 0 Å². The molecule has 0 unspecified atom stereocenters. The standard InChI is InChI=1S/C17H21N3O2/c1-13-10-20(17(21)14(2)19-9-8-18-12-19)11-16(22-13)15-6-4-3-5-7-15/h3-9,12-14,16H,10-11H2,1-2H3/t13-,14-,16+/m1/s1. The number of ether oxygens (including phenoxy) is 1. The first-order chi connectivity index (χ1) is 10.6. The molecule has 0 bridgehead atoms. The van der Waals surface area contributed by atoms with Crippen molar-refractivity contribution in [1.82, 2.24) is 14.5 Å². The molecule has 0 saturated carbocycles. The molecule has 0 radical (unpaired) electrons. The Labute approximate surface area is 130 Å². The topological polar surface area (TPSA) is 47.4 Å². The first kappa shape index (κ1) is 14.8. The van der Waals surface area contributed by atoms with Crippen LogP contribution in [0.3, 0.4) is 0 Å². The van der Waals surface area contributed by atoms with Gasteiger partial charge in [0.25, 0.3) is 0 Å². The summed E-state index contributed by atoms with van der Waals surface area (Å²) >= 11 is 0. The fourth-order valence-electron chi connectivity index (χ4n) is 2.87. The van der Waals surface area contributed by atoms with Gasteiger partial charge in [-0.3, -0.25) is 4.79 Å². The van der Waals surface area contributed by atoms with Gasteiger partial charge in [-0.1, -0.05) is 30.3 Å². The summed E-state index contributed by atoms with van der Waals surface area (Å²) < 4.78 is 7.84. The second-order valence-electron chi connectivity index (χ2n) is 5.78. The van der Waals surface area contributed by atoms with E-state index in [2.05, 4.69) is 4.98 Å². The predicted octanol–water partition coefficient (Wildman–Crippen LogP) is 2.43. The number of morpholine rings is 1. The van der Waals surface area contributed by atoms with Gasteiger partial charge in [-0.25, -0.2) is 4.98 Å². The number of carbonyl (C=O) groups is 1. The van der Waals surface area contributed by atoms with Gasteiger partial charge in [-0.05, 0) is 19.4 Å². The highest BCUT2D eigenvalue weighted by atomic mass is 16.5. The van der Waals surface area contributed by atoms with Crippen molar-refractivity contribution in [3.63, 3.8) is 0 Å². The van der Waals surface area contributed by atoms with Crippen LogP contribution in [0.1, 0.15) is 31.6 Å². The minimum Gasteiger partial charge on any atom is -0.367 e. The Bertz CT molecular complexity index is 612. The zero-order valence-corrected chi connectivity index (χ0v) is 12.9. The Balaban J connectivity index is 1.75. The summed E-state index contributed by atoms with van der Waals surface area (Å²) in [6.07, 6.45) is 5.16. The first-order valence-corrected chi connectivity index (χ1v) is 7.62. The van der Waals surface area contributed by atoms with Crippen molar-refractivity contribution < 1.29 is 9.53 Å². The van der Waals surface area contributed by atoms with E-state index in [9.17, 15) is 4.79 Å². The maximum atomic E-state index is 12.7. The Morgan fingerprint density at radius 2 is 2.09 bits per heavy atom. The van der Waals surface area contributed by atoms with Crippen LogP contribution in [0.25, 0.3) is 0 Å². The molecule has 0 spiro atoms. The summed E-state index contributed by atoms with van der Waals surface area (Å²) in [6, 6.07) is 9.83. The average molecular weight is 299 g/mol. The van der Waals surface area contributed by atoms with Crippen LogP contribution in [0.4, 0.5) is 0 Å². The SMILES string of the molecule is C[C@@H]1CN(C(=O)[C@@H](C)n2ccnc2)C[C@@H](c2ccccc2)O1. The van der Waals surface area contributed by atoms with Gasteiger partial charge in [-0.2, -0.15) is 0 Å². The minimum atomic E-state index is -0.246. The van der Waals surface area contributed by atoms with Gasteiger partial charge >= 0.3 is 0 Å². The second-order valence-corrected chi connectivity index (χ2v) is 5.78. The van der Waals surface area contributed by atoms with Crippen molar-refractivity contribution in [2.75, 3.05) is 13.1 Å². The van der Waals surface area contributed by atoms with E-state index in [0.29, 0.717) is 13.1 Å². The van der Waals surface area contributed by atoms with Gasteiger partial charge in [0.1, 0.15) is 12.1 Å². The van der Waals surface area contributed by atoms with Crippen LogP contribution in [0.5, 0.6) is 0 Å². The van der Waals surface area contributed by atoms with Gasteiger partial charge in [0, 0.05) is 18.9 Å². The molecule has 22 heavy (non-hydrogen) atoms. The molecule has 1 aliphatic rings. The number of hydrogen-bond acceptors (Lipinski definition) is 3. The lowest BCUT2D eigenvalue weighted by molar-refractivity contribution is -0.147. The number of amides is 1. The number of hydrogen-bond donors (Lipinski definition) is 0. The molecule has 0 N–H and O–H groups in total. The van der Waals surface area contributed by atoms with Crippen LogP contribution >= 0.6 is 0 Å². The first-order valence-electron chi connectivity index (χ1n) is 7.62. The second kappa shape index (κ2) is 6.32. The van der Waals surface area contributed by atoms with Crippen molar-refractivity contribution >= 4 is 5.91 Å². The van der Waals surface area contributed by atoms with Crippen LogP contribution in [-0.2, 0) is 9.53 Å². The van der Waals surface area contributed by atoms with Crippen molar-refractivity contribution in [3.05, 3.63) is 54.6 Å². The molecule has 2 heterocycles. The summed E-state index contributed by atoms with van der Waals surface area (Å²) in [7, 11) is 0. The molecular formula is C17H21N3O2. The van der Waals surface area contributed by atoms with E-state index in [1.807, 2.05) is 59.8 Å². The third-order valence-electron chi connectivity index (χ3n) is 4.07. The normalized spacial score (nSPS) is 23.3. The van der Waals surface area contributed by atoms with E-state index in [1.165, 1.54) is 0 Å². The molecule has 5 nitrogen and oxygen atoms in total. The number of imidazole rings is 1. The Morgan fingerprint density at radius 1 is 1.32 bits per heavy atom. The van der Waals surface area contributed by atoms with Crippen LogP contribution in [0.15, 0.2) is 49.1 Å². The average Bonchev–Trinajstić information content (AvgIpc) is 3.08. The van der Waals surface area contributed by atoms with E-state index in [0.717, 1.165) is 5.56 Å². The molecule has 0 aliphatic carbocycles. The highest BCUT2D eigenvalue weighted by Crippen LogP contribution is 2.26. The van der Waals surface area contributed by atoms with E-state index in [-0.39, 0.29) is 24.2 Å². The molecule has 116 valence electrons. The number of nitrogens with zero attached hydrogens (tertiary/aromatic N) is 3. The molecule has 1 fully saturated rings. The Kier molecular flexibility index (Phi) is 4.24. The lowest BCUT2D eigenvalue weighted by atomic mass is 10.1. The van der Waals surface area contributed by atoms with E-state index < -0.39 is 0 Å². The van der Waals surface area contributed by atoms with Crippen LogP contribution in [-0.4, -0.2) is 39.6 Å². The van der Waals surface area contributed by atoms with Gasteiger partial charge in [-0.15, -0.1) is 0 Å². The highest BCUT2D eigenvalue weighted by Gasteiger charge is 2.31. The van der Waals surface area contributed by atoms with Crippen LogP contribution in [0.2, 0.25) is 0 Å². The van der Waals surface area contributed by atoms with Gasteiger partial charge in [0.05, 0.1) is 19.0 Å². The third kappa shape index (κ3) is 3.04. The van der Waals surface area contributed by atoms with Crippen LogP contribution < -0.4 is 0 Å². The lowest BCUT2D eigenvalue weighted by Crippen LogP contribution is -2.47. The molecule has 5 heteroatoms. The number of rotatable bonds is 3. The van der Waals surface area contributed by atoms with E-state index in [4.69, 9.17) is 4.74 Å². The molecule has 1 aromatic carbocycles. The monoisotopic (exact) mass is 299 g/mol. The zero-order valence-electron chi connectivity index (χ0n) is 12.9. The summed E-state index contributed by atoms with van der Waals surface area (Å²) in [5.74, 6) is 0.106. The molecule has 1 saturated heterocycles. The molecule has 3 atom stereocenters. The quantitative estimate of drug-likeness (QED) is 0.874. The fraction of sp³-hybridized carbons (Fsp3) is 0.412. The maximum Gasteiger partial charge on any atom is 0.245 e. The predicted molar refractivity (Wildman–Crippen MR) is 83.2 cm³/mol. The Morgan fingerprint density at radius 3 is 2.77 bits per heavy atom. The molecule has 2 aromatic rings. The number of benzene rings is 1. The third-order valence-corrected chi connectivity index (χ3v) is 4.07. The zero-order chi connectivity index (χ0) is 15.5. The summed E-state index contributed by atoms with van der Waals surface area (Å²) in [6.45, 7) is 5.13. The van der Waals surface area contributed by atoms with Gasteiger partial charge in [0.15, 0.2) is 0 Å². The number of aromatic nitrogens is 2. The minimum absolute atomic E-state index is 0.0258.